The van der Waals surface area contributed by atoms with Gasteiger partial charge in [-0.2, -0.15) is 0 Å². The highest BCUT2D eigenvalue weighted by atomic mass is 32.2. The lowest BCUT2D eigenvalue weighted by atomic mass is 9.48. The summed E-state index contributed by atoms with van der Waals surface area (Å²) in [7, 11) is -2.23. The molecule has 1 unspecified atom stereocenters. The number of anilines is 1. The summed E-state index contributed by atoms with van der Waals surface area (Å²) < 4.78 is 32.9. The van der Waals surface area contributed by atoms with Crippen LogP contribution < -0.4 is 14.4 Å². The number of nitrogens with zero attached hydrogens (tertiary/aromatic N) is 2. The van der Waals surface area contributed by atoms with E-state index < -0.39 is 34.1 Å². The maximum absolute atomic E-state index is 14.1. The van der Waals surface area contributed by atoms with Crippen LogP contribution in [0.25, 0.3) is 0 Å². The molecule has 4 saturated carbocycles. The number of carbonyl (C=O) groups excluding carboxylic acids is 2. The predicted molar refractivity (Wildman–Crippen MR) is 174 cm³/mol. The Labute approximate surface area is 263 Å². The molecule has 4 bridgehead atoms. The van der Waals surface area contributed by atoms with Crippen molar-refractivity contribution in [2.45, 2.75) is 96.2 Å². The van der Waals surface area contributed by atoms with Crippen LogP contribution in [0.3, 0.4) is 0 Å². The van der Waals surface area contributed by atoms with Gasteiger partial charge in [-0.3, -0.25) is 13.9 Å². The Hall–Kier alpha value is -3.07. The standard InChI is InChI=1S/C35H49N3O5S/c1-7-31(33(40)36-34(2,3)4)37(22-24-9-8-10-30(18-24)43-5)32(39)23-38(44(6,41)42)29-13-11-28(12-14-29)35-19-25-15-26(20-35)17-27(16-25)21-35/h8-14,18,25-27,31H,7,15-17,19-23H2,1-6H3,(H,36,40). The van der Waals surface area contributed by atoms with Crippen LogP contribution in [-0.2, 0) is 31.6 Å². The molecular weight excluding hydrogens is 574 g/mol. The molecule has 2 amide bonds. The molecule has 44 heavy (non-hydrogen) atoms. The first-order chi connectivity index (χ1) is 20.7. The minimum absolute atomic E-state index is 0.134. The zero-order valence-electron chi connectivity index (χ0n) is 27.1. The second-order valence-corrected chi connectivity index (χ2v) is 16.5. The minimum Gasteiger partial charge on any atom is -0.497 e. The molecule has 6 rings (SSSR count). The van der Waals surface area contributed by atoms with Gasteiger partial charge in [0.2, 0.25) is 21.8 Å². The van der Waals surface area contributed by atoms with E-state index >= 15 is 0 Å². The Balaban J connectivity index is 1.42. The molecule has 8 nitrogen and oxygen atoms in total. The van der Waals surface area contributed by atoms with Crippen molar-refractivity contribution in [1.29, 1.82) is 0 Å². The molecule has 2 aromatic rings. The van der Waals surface area contributed by atoms with Crippen LogP contribution in [0.1, 0.15) is 83.8 Å². The van der Waals surface area contributed by atoms with E-state index in [2.05, 4.69) is 17.4 Å². The van der Waals surface area contributed by atoms with Crippen molar-refractivity contribution in [3.8, 4) is 5.75 Å². The van der Waals surface area contributed by atoms with E-state index in [4.69, 9.17) is 4.74 Å². The van der Waals surface area contributed by atoms with Gasteiger partial charge < -0.3 is 15.0 Å². The quantitative estimate of drug-likeness (QED) is 0.349. The molecule has 4 aliphatic carbocycles. The van der Waals surface area contributed by atoms with Gasteiger partial charge in [0.1, 0.15) is 18.3 Å². The highest BCUT2D eigenvalue weighted by Crippen LogP contribution is 2.60. The van der Waals surface area contributed by atoms with Crippen LogP contribution in [0.4, 0.5) is 5.69 Å². The summed E-state index contributed by atoms with van der Waals surface area (Å²) in [5, 5.41) is 3.00. The Morgan fingerprint density at radius 1 is 1.00 bits per heavy atom. The number of rotatable bonds is 11. The van der Waals surface area contributed by atoms with E-state index in [9.17, 15) is 18.0 Å². The molecule has 0 saturated heterocycles. The monoisotopic (exact) mass is 623 g/mol. The molecule has 2 aromatic carbocycles. The number of benzene rings is 2. The first-order valence-corrected chi connectivity index (χ1v) is 17.9. The van der Waals surface area contributed by atoms with E-state index in [1.54, 1.807) is 7.11 Å². The fourth-order valence-electron chi connectivity index (χ4n) is 8.40. The van der Waals surface area contributed by atoms with Gasteiger partial charge in [-0.05, 0) is 124 Å². The minimum atomic E-state index is -3.80. The largest absolute Gasteiger partial charge is 0.497 e. The summed E-state index contributed by atoms with van der Waals surface area (Å²) in [5.41, 5.74) is 2.24. The predicted octanol–water partition coefficient (Wildman–Crippen LogP) is 5.65. The summed E-state index contributed by atoms with van der Waals surface area (Å²) >= 11 is 0. The highest BCUT2D eigenvalue weighted by Gasteiger charge is 2.51. The Morgan fingerprint density at radius 2 is 1.59 bits per heavy atom. The average molecular weight is 624 g/mol. The summed E-state index contributed by atoms with van der Waals surface area (Å²) in [5.74, 6) is 2.34. The number of methoxy groups -OCH3 is 1. The summed E-state index contributed by atoms with van der Waals surface area (Å²) in [6, 6.07) is 14.5. The van der Waals surface area contributed by atoms with E-state index in [-0.39, 0.29) is 17.9 Å². The van der Waals surface area contributed by atoms with Crippen molar-refractivity contribution in [2.75, 3.05) is 24.2 Å². The molecule has 4 fully saturated rings. The van der Waals surface area contributed by atoms with E-state index in [1.165, 1.54) is 53.3 Å². The second-order valence-electron chi connectivity index (χ2n) is 14.6. The Morgan fingerprint density at radius 3 is 2.09 bits per heavy atom. The molecule has 4 aliphatic rings. The average Bonchev–Trinajstić information content (AvgIpc) is 2.93. The molecule has 0 aliphatic heterocycles. The smallest absolute Gasteiger partial charge is 0.244 e. The van der Waals surface area contributed by atoms with Gasteiger partial charge >= 0.3 is 0 Å². The summed E-state index contributed by atoms with van der Waals surface area (Å²) in [4.78, 5) is 29.0. The van der Waals surface area contributed by atoms with Crippen LogP contribution in [0.15, 0.2) is 48.5 Å². The number of hydrogen-bond acceptors (Lipinski definition) is 5. The molecule has 1 atom stereocenters. The van der Waals surface area contributed by atoms with Gasteiger partial charge in [0.05, 0.1) is 19.1 Å². The van der Waals surface area contributed by atoms with Crippen molar-refractivity contribution in [3.63, 3.8) is 0 Å². The highest BCUT2D eigenvalue weighted by molar-refractivity contribution is 7.92. The number of hydrogen-bond donors (Lipinski definition) is 1. The SMILES string of the molecule is CCC(C(=O)NC(C)(C)C)N(Cc1cccc(OC)c1)C(=O)CN(c1ccc(C23CC4CC(CC(C4)C2)C3)cc1)S(C)(=O)=O. The Bertz CT molecular complexity index is 1430. The molecule has 0 spiro atoms. The van der Waals surface area contributed by atoms with Crippen molar-refractivity contribution in [1.82, 2.24) is 10.2 Å². The van der Waals surface area contributed by atoms with Crippen LogP contribution in [-0.4, -0.2) is 56.6 Å². The number of ether oxygens (including phenoxy) is 1. The summed E-state index contributed by atoms with van der Waals surface area (Å²) in [6.07, 6.45) is 9.25. The summed E-state index contributed by atoms with van der Waals surface area (Å²) in [6.45, 7) is 7.27. The normalized spacial score (nSPS) is 24.9. The van der Waals surface area contributed by atoms with Gasteiger partial charge in [-0.25, -0.2) is 8.42 Å². The number of amides is 2. The first-order valence-electron chi connectivity index (χ1n) is 16.0. The van der Waals surface area contributed by atoms with Crippen molar-refractivity contribution < 1.29 is 22.7 Å². The topological polar surface area (TPSA) is 96.0 Å². The molecule has 9 heteroatoms. The molecule has 0 aromatic heterocycles. The van der Waals surface area contributed by atoms with Crippen LogP contribution in [0.2, 0.25) is 0 Å². The number of carbonyl (C=O) groups is 2. The fraction of sp³-hybridized carbons (Fsp3) is 0.600. The first kappa shape index (κ1) is 32.3. The van der Waals surface area contributed by atoms with Gasteiger partial charge in [-0.1, -0.05) is 31.2 Å². The lowest BCUT2D eigenvalue weighted by Crippen LogP contribution is -2.55. The van der Waals surface area contributed by atoms with Gasteiger partial charge in [0.15, 0.2) is 0 Å². The van der Waals surface area contributed by atoms with Crippen LogP contribution in [0, 0.1) is 17.8 Å². The maximum atomic E-state index is 14.1. The van der Waals surface area contributed by atoms with E-state index in [1.807, 2.05) is 64.1 Å². The third kappa shape index (κ3) is 7.08. The zero-order chi connectivity index (χ0) is 31.9. The van der Waals surface area contributed by atoms with E-state index in [0.29, 0.717) is 17.9 Å². The molecule has 240 valence electrons. The fourth-order valence-corrected chi connectivity index (χ4v) is 9.25. The van der Waals surface area contributed by atoms with Crippen LogP contribution >= 0.6 is 0 Å². The lowest BCUT2D eigenvalue weighted by molar-refractivity contribution is -0.141. The third-order valence-electron chi connectivity index (χ3n) is 9.86. The number of sulfonamides is 1. The molecular formula is C35H49N3O5S. The molecule has 0 heterocycles. The van der Waals surface area contributed by atoms with Crippen molar-refractivity contribution in [2.24, 2.45) is 17.8 Å². The maximum Gasteiger partial charge on any atom is 0.244 e. The van der Waals surface area contributed by atoms with Crippen LogP contribution in [0.5, 0.6) is 5.75 Å². The van der Waals surface area contributed by atoms with E-state index in [0.717, 1.165) is 29.6 Å². The zero-order valence-corrected chi connectivity index (χ0v) is 28.0. The lowest BCUT2D eigenvalue weighted by Gasteiger charge is -2.57. The van der Waals surface area contributed by atoms with Crippen molar-refractivity contribution in [3.05, 3.63) is 59.7 Å². The van der Waals surface area contributed by atoms with Gasteiger partial charge in [0, 0.05) is 12.1 Å². The third-order valence-corrected chi connectivity index (χ3v) is 11.0. The molecule has 0 radical (unpaired) electrons. The van der Waals surface area contributed by atoms with Crippen molar-refractivity contribution >= 4 is 27.5 Å². The Kier molecular flexibility index (Phi) is 9.09. The second kappa shape index (κ2) is 12.4. The molecule has 1 N–H and O–H groups in total. The van der Waals surface area contributed by atoms with Gasteiger partial charge in [0.25, 0.3) is 0 Å². The van der Waals surface area contributed by atoms with Gasteiger partial charge in [-0.15, -0.1) is 0 Å². The number of nitrogens with one attached hydrogen (secondary N) is 1.